The third-order valence-corrected chi connectivity index (χ3v) is 4.13. The highest BCUT2D eigenvalue weighted by molar-refractivity contribution is 5.87. The largest absolute Gasteiger partial charge is 0.466 e. The molecule has 1 N–H and O–H groups in total. The van der Waals surface area contributed by atoms with Gasteiger partial charge in [0.05, 0.1) is 18.1 Å². The third-order valence-electron chi connectivity index (χ3n) is 4.13. The van der Waals surface area contributed by atoms with E-state index >= 15 is 0 Å². The van der Waals surface area contributed by atoms with Crippen LogP contribution in [0.5, 0.6) is 0 Å². The van der Waals surface area contributed by atoms with Crippen molar-refractivity contribution in [2.75, 3.05) is 12.4 Å². The van der Waals surface area contributed by atoms with Crippen molar-refractivity contribution in [2.45, 2.75) is 26.8 Å². The fourth-order valence-electron chi connectivity index (χ4n) is 2.76. The molecule has 0 aromatic heterocycles. The van der Waals surface area contributed by atoms with Gasteiger partial charge in [-0.15, -0.1) is 0 Å². The molecule has 0 aliphatic rings. The van der Waals surface area contributed by atoms with E-state index < -0.39 is 10.9 Å². The second-order valence-corrected chi connectivity index (χ2v) is 7.24. The minimum atomic E-state index is -0.517. The maximum absolute atomic E-state index is 11.6. The Morgan fingerprint density at radius 1 is 1.19 bits per heavy atom. The van der Waals surface area contributed by atoms with Gasteiger partial charge in [-0.3, -0.25) is 10.1 Å². The van der Waals surface area contributed by atoms with Crippen LogP contribution in [0.2, 0.25) is 0 Å². The average molecular weight is 368 g/mol. The molecule has 6 nitrogen and oxygen atoms in total. The van der Waals surface area contributed by atoms with Gasteiger partial charge in [0.2, 0.25) is 0 Å². The molecular formula is C21H24N2O4. The molecule has 0 radical (unpaired) electrons. The molecular weight excluding hydrogens is 344 g/mol. The molecule has 0 aliphatic heterocycles. The predicted octanol–water partition coefficient (Wildman–Crippen LogP) is 4.98. The number of carbonyl (C=O) groups excluding carboxylic acids is 1. The lowest BCUT2D eigenvalue weighted by atomic mass is 9.82. The summed E-state index contributed by atoms with van der Waals surface area (Å²) in [6.07, 6.45) is 2.72. The quantitative estimate of drug-likeness (QED) is 0.336. The normalized spacial score (nSPS) is 12.6. The number of hydrogen-bond acceptors (Lipinski definition) is 5. The summed E-state index contributed by atoms with van der Waals surface area (Å²) in [6.45, 7) is 6.24. The topological polar surface area (TPSA) is 81.5 Å². The zero-order valence-corrected chi connectivity index (χ0v) is 15.9. The maximum atomic E-state index is 11.6. The molecule has 6 heteroatoms. The minimum Gasteiger partial charge on any atom is -0.466 e. The molecule has 2 rings (SSSR count). The number of ether oxygens (including phenoxy) is 1. The molecule has 2 aromatic rings. The molecule has 0 saturated heterocycles. The Balaban J connectivity index is 2.40. The number of hydrogen-bond donors (Lipinski definition) is 1. The summed E-state index contributed by atoms with van der Waals surface area (Å²) in [4.78, 5) is 22.4. The number of nitro benzene ring substituents is 1. The molecule has 27 heavy (non-hydrogen) atoms. The van der Waals surface area contributed by atoms with Crippen molar-refractivity contribution in [3.8, 4) is 0 Å². The van der Waals surface area contributed by atoms with Crippen LogP contribution in [0.3, 0.4) is 0 Å². The Labute approximate surface area is 159 Å². The van der Waals surface area contributed by atoms with Gasteiger partial charge in [0.25, 0.3) is 5.69 Å². The summed E-state index contributed by atoms with van der Waals surface area (Å²) in [6, 6.07) is 14.5. The van der Waals surface area contributed by atoms with E-state index in [2.05, 4.69) is 30.8 Å². The van der Waals surface area contributed by atoms with Crippen LogP contribution >= 0.6 is 0 Å². The lowest BCUT2D eigenvalue weighted by Gasteiger charge is -2.32. The van der Waals surface area contributed by atoms with Crippen LogP contribution in [0.1, 0.15) is 37.9 Å². The summed E-state index contributed by atoms with van der Waals surface area (Å²) in [5, 5.41) is 14.9. The number of nitrogens with zero attached hydrogens (tertiary/aromatic N) is 1. The molecule has 0 spiro atoms. The van der Waals surface area contributed by atoms with E-state index in [1.54, 1.807) is 12.1 Å². The Morgan fingerprint density at radius 2 is 1.85 bits per heavy atom. The average Bonchev–Trinajstić information content (AvgIpc) is 2.64. The lowest BCUT2D eigenvalue weighted by molar-refractivity contribution is -0.384. The fraction of sp³-hybridized carbons (Fsp3) is 0.286. The Morgan fingerprint density at radius 3 is 2.41 bits per heavy atom. The van der Waals surface area contributed by atoms with Crippen LogP contribution in [-0.4, -0.2) is 18.0 Å². The molecule has 0 fully saturated rings. The zero-order valence-electron chi connectivity index (χ0n) is 15.9. The summed E-state index contributed by atoms with van der Waals surface area (Å²) < 4.78 is 4.54. The van der Waals surface area contributed by atoms with Crippen LogP contribution in [-0.2, 0) is 9.53 Å². The third kappa shape index (κ3) is 5.41. The van der Waals surface area contributed by atoms with Crippen molar-refractivity contribution in [3.05, 3.63) is 75.8 Å². The standard InChI is InChI=1S/C21H24N2O4/c1-21(2,3)20(16-8-6-5-7-9-16)22-17-12-10-15(11-13-19(24)27-4)14-18(17)23(25)26/h5-14,20,22H,1-4H3/b13-11+. The van der Waals surface area contributed by atoms with E-state index in [4.69, 9.17) is 0 Å². The van der Waals surface area contributed by atoms with Crippen LogP contribution < -0.4 is 5.32 Å². The van der Waals surface area contributed by atoms with Gasteiger partial charge in [0.1, 0.15) is 5.69 Å². The molecule has 0 heterocycles. The second-order valence-electron chi connectivity index (χ2n) is 7.24. The van der Waals surface area contributed by atoms with Crippen LogP contribution in [0, 0.1) is 15.5 Å². The van der Waals surface area contributed by atoms with Crippen LogP contribution in [0.15, 0.2) is 54.6 Å². The second kappa shape index (κ2) is 8.49. The number of carbonyl (C=O) groups is 1. The van der Waals surface area contributed by atoms with E-state index in [1.807, 2.05) is 30.3 Å². The van der Waals surface area contributed by atoms with E-state index in [0.29, 0.717) is 11.3 Å². The van der Waals surface area contributed by atoms with Crippen molar-refractivity contribution in [1.29, 1.82) is 0 Å². The number of anilines is 1. The van der Waals surface area contributed by atoms with Gasteiger partial charge < -0.3 is 10.1 Å². The minimum absolute atomic E-state index is 0.0489. The Bertz CT molecular complexity index is 839. The summed E-state index contributed by atoms with van der Waals surface area (Å²) in [5.41, 5.74) is 1.81. The fourth-order valence-corrected chi connectivity index (χ4v) is 2.76. The number of esters is 1. The number of nitro groups is 1. The first kappa shape index (κ1) is 20.2. The van der Waals surface area contributed by atoms with E-state index in [1.165, 1.54) is 25.3 Å². The number of rotatable bonds is 6. The molecule has 0 amide bonds. The number of nitrogens with one attached hydrogen (secondary N) is 1. The van der Waals surface area contributed by atoms with E-state index in [9.17, 15) is 14.9 Å². The van der Waals surface area contributed by atoms with E-state index in [0.717, 1.165) is 5.56 Å². The van der Waals surface area contributed by atoms with Crippen LogP contribution in [0.25, 0.3) is 6.08 Å². The van der Waals surface area contributed by atoms with Crippen LogP contribution in [0.4, 0.5) is 11.4 Å². The summed E-state index contributed by atoms with van der Waals surface area (Å²) >= 11 is 0. The first-order chi connectivity index (χ1) is 12.7. The molecule has 0 aliphatic carbocycles. The maximum Gasteiger partial charge on any atom is 0.330 e. The van der Waals surface area contributed by atoms with Crippen molar-refractivity contribution in [3.63, 3.8) is 0 Å². The highest BCUT2D eigenvalue weighted by atomic mass is 16.6. The van der Waals surface area contributed by atoms with Gasteiger partial charge in [-0.2, -0.15) is 0 Å². The Hall–Kier alpha value is -3.15. The van der Waals surface area contributed by atoms with Gasteiger partial charge in [0.15, 0.2) is 0 Å². The summed E-state index contributed by atoms with van der Waals surface area (Å²) in [5.74, 6) is -0.517. The molecule has 142 valence electrons. The smallest absolute Gasteiger partial charge is 0.330 e. The highest BCUT2D eigenvalue weighted by Crippen LogP contribution is 2.38. The molecule has 0 saturated carbocycles. The SMILES string of the molecule is COC(=O)/C=C/c1ccc(NC(c2ccccc2)C(C)(C)C)c([N+](=O)[O-])c1. The monoisotopic (exact) mass is 368 g/mol. The van der Waals surface area contributed by atoms with Crippen molar-refractivity contribution < 1.29 is 14.5 Å². The van der Waals surface area contributed by atoms with Gasteiger partial charge >= 0.3 is 5.97 Å². The number of methoxy groups -OCH3 is 1. The molecule has 0 bridgehead atoms. The highest BCUT2D eigenvalue weighted by Gasteiger charge is 2.28. The molecule has 1 unspecified atom stereocenters. The van der Waals surface area contributed by atoms with Gasteiger partial charge in [-0.05, 0) is 28.7 Å². The zero-order chi connectivity index (χ0) is 20.0. The predicted molar refractivity (Wildman–Crippen MR) is 106 cm³/mol. The molecule has 2 aromatic carbocycles. The summed E-state index contributed by atoms with van der Waals surface area (Å²) in [7, 11) is 1.28. The number of benzene rings is 2. The van der Waals surface area contributed by atoms with Gasteiger partial charge in [0, 0.05) is 12.1 Å². The molecule has 1 atom stereocenters. The lowest BCUT2D eigenvalue weighted by Crippen LogP contribution is -2.26. The first-order valence-corrected chi connectivity index (χ1v) is 8.58. The van der Waals surface area contributed by atoms with Gasteiger partial charge in [-0.25, -0.2) is 4.79 Å². The van der Waals surface area contributed by atoms with Crippen molar-refractivity contribution in [2.24, 2.45) is 5.41 Å². The van der Waals surface area contributed by atoms with Gasteiger partial charge in [-0.1, -0.05) is 57.2 Å². The first-order valence-electron chi connectivity index (χ1n) is 8.58. The van der Waals surface area contributed by atoms with Crippen molar-refractivity contribution >= 4 is 23.4 Å². The van der Waals surface area contributed by atoms with Crippen molar-refractivity contribution in [1.82, 2.24) is 0 Å². The Kier molecular flexibility index (Phi) is 6.34. The van der Waals surface area contributed by atoms with E-state index in [-0.39, 0.29) is 17.1 Å².